The van der Waals surface area contributed by atoms with E-state index in [1.54, 1.807) is 0 Å². The minimum Gasteiger partial charge on any atom is -0.457 e. The lowest BCUT2D eigenvalue weighted by atomic mass is 10.0. The van der Waals surface area contributed by atoms with Gasteiger partial charge in [0.15, 0.2) is 0 Å². The highest BCUT2D eigenvalue weighted by molar-refractivity contribution is 14.1. The third-order valence-corrected chi connectivity index (χ3v) is 5.44. The van der Waals surface area contributed by atoms with Crippen molar-refractivity contribution in [1.29, 1.82) is 5.26 Å². The lowest BCUT2D eigenvalue weighted by Crippen LogP contribution is -1.96. The van der Waals surface area contributed by atoms with Crippen molar-refractivity contribution in [2.45, 2.75) is 0 Å². The van der Waals surface area contributed by atoms with Crippen LogP contribution in [0.15, 0.2) is 91.1 Å². The van der Waals surface area contributed by atoms with Gasteiger partial charge in [-0.1, -0.05) is 48.5 Å². The smallest absolute Gasteiger partial charge is 0.127 e. The summed E-state index contributed by atoms with van der Waals surface area (Å²) in [5.41, 5.74) is 4.16. The Morgan fingerprint density at radius 3 is 2.00 bits per heavy atom. The summed E-state index contributed by atoms with van der Waals surface area (Å²) in [6.45, 7) is 0. The van der Waals surface area contributed by atoms with Crippen LogP contribution in [-0.2, 0) is 0 Å². The highest BCUT2D eigenvalue weighted by Gasteiger charge is 2.15. The van der Waals surface area contributed by atoms with Gasteiger partial charge < -0.3 is 4.74 Å². The fraction of sp³-hybridized carbons (Fsp3) is 0. The lowest BCUT2D eigenvalue weighted by molar-refractivity contribution is 0.483. The second-order valence-electron chi connectivity index (χ2n) is 6.13. The summed E-state index contributed by atoms with van der Waals surface area (Å²) in [5.74, 6) is 1.52. The quantitative estimate of drug-likeness (QED) is 0.310. The van der Waals surface area contributed by atoms with Gasteiger partial charge in [0.1, 0.15) is 17.6 Å². The molecule has 0 N–H and O–H groups in total. The van der Waals surface area contributed by atoms with Crippen LogP contribution in [0.2, 0.25) is 0 Å². The summed E-state index contributed by atoms with van der Waals surface area (Å²) < 4.78 is 6.74. The van der Waals surface area contributed by atoms with E-state index in [9.17, 15) is 5.26 Å². The van der Waals surface area contributed by atoms with Gasteiger partial charge in [0.2, 0.25) is 0 Å². The van der Waals surface area contributed by atoms with Crippen molar-refractivity contribution in [2.75, 3.05) is 0 Å². The molecule has 0 aliphatic heterocycles. The first-order chi connectivity index (χ1) is 13.8. The number of nitriles is 1. The monoisotopic (exact) mass is 474 g/mol. The zero-order chi connectivity index (χ0) is 19.3. The molecule has 4 aromatic rings. The maximum atomic E-state index is 9.76. The summed E-state index contributed by atoms with van der Waals surface area (Å²) in [6, 6.07) is 29.6. The van der Waals surface area contributed by atoms with Crippen molar-refractivity contribution >= 4 is 22.6 Å². The summed E-state index contributed by atoms with van der Waals surface area (Å²) in [4.78, 5) is 4.60. The lowest BCUT2D eigenvalue weighted by Gasteiger charge is -2.11. The largest absolute Gasteiger partial charge is 0.457 e. The summed E-state index contributed by atoms with van der Waals surface area (Å²) >= 11 is 2.23. The molecule has 0 saturated heterocycles. The molecule has 0 spiro atoms. The Balaban J connectivity index is 1.68. The maximum absolute atomic E-state index is 9.76. The van der Waals surface area contributed by atoms with Gasteiger partial charge in [-0.05, 0) is 64.6 Å². The van der Waals surface area contributed by atoms with Gasteiger partial charge in [0.25, 0.3) is 0 Å². The number of rotatable bonds is 4. The first kappa shape index (κ1) is 18.2. The average molecular weight is 474 g/mol. The van der Waals surface area contributed by atoms with Crippen molar-refractivity contribution < 1.29 is 4.74 Å². The van der Waals surface area contributed by atoms with Crippen molar-refractivity contribution in [3.63, 3.8) is 0 Å². The van der Waals surface area contributed by atoms with Gasteiger partial charge in [0, 0.05) is 20.9 Å². The summed E-state index contributed by atoms with van der Waals surface area (Å²) in [5, 5.41) is 9.76. The van der Waals surface area contributed by atoms with E-state index in [-0.39, 0.29) is 0 Å². The normalized spacial score (nSPS) is 10.3. The Kier molecular flexibility index (Phi) is 5.36. The SMILES string of the molecule is N#Cc1c(-c2ccc(Oc3ccccc3)cc2)ncc(-c2ccccc2)c1I. The van der Waals surface area contributed by atoms with Crippen molar-refractivity contribution in [3.8, 4) is 40.0 Å². The van der Waals surface area contributed by atoms with Gasteiger partial charge in [-0.3, -0.25) is 4.98 Å². The van der Waals surface area contributed by atoms with Crippen LogP contribution in [0.1, 0.15) is 5.56 Å². The van der Waals surface area contributed by atoms with E-state index >= 15 is 0 Å². The summed E-state index contributed by atoms with van der Waals surface area (Å²) in [6.07, 6.45) is 1.83. The maximum Gasteiger partial charge on any atom is 0.127 e. The van der Waals surface area contributed by atoms with Crippen LogP contribution < -0.4 is 4.74 Å². The van der Waals surface area contributed by atoms with Crippen molar-refractivity contribution in [3.05, 3.63) is 100 Å². The van der Waals surface area contributed by atoms with E-state index in [4.69, 9.17) is 4.74 Å². The molecule has 0 aliphatic carbocycles. The predicted molar refractivity (Wildman–Crippen MR) is 119 cm³/mol. The molecule has 4 rings (SSSR count). The molecule has 4 heteroatoms. The first-order valence-electron chi connectivity index (χ1n) is 8.73. The zero-order valence-electron chi connectivity index (χ0n) is 14.8. The molecule has 0 saturated carbocycles. The van der Waals surface area contributed by atoms with Crippen molar-refractivity contribution in [1.82, 2.24) is 4.98 Å². The van der Waals surface area contributed by atoms with E-state index < -0.39 is 0 Å². The number of benzene rings is 3. The molecule has 1 heterocycles. The second kappa shape index (κ2) is 8.24. The number of hydrogen-bond donors (Lipinski definition) is 0. The fourth-order valence-corrected chi connectivity index (χ4v) is 3.76. The molecule has 3 aromatic carbocycles. The number of aromatic nitrogens is 1. The van der Waals surface area contributed by atoms with Crippen LogP contribution in [0.3, 0.4) is 0 Å². The molecule has 28 heavy (non-hydrogen) atoms. The van der Waals surface area contributed by atoms with E-state index in [1.165, 1.54) is 0 Å². The number of hydrogen-bond acceptors (Lipinski definition) is 3. The molecular formula is C24H15IN2O. The molecule has 0 fully saturated rings. The second-order valence-corrected chi connectivity index (χ2v) is 7.21. The number of nitrogens with zero attached hydrogens (tertiary/aromatic N) is 2. The van der Waals surface area contributed by atoms with Crippen LogP contribution in [-0.4, -0.2) is 4.98 Å². The fourth-order valence-electron chi connectivity index (χ4n) is 2.93. The number of ether oxygens (including phenoxy) is 1. The highest BCUT2D eigenvalue weighted by atomic mass is 127. The zero-order valence-corrected chi connectivity index (χ0v) is 17.0. The van der Waals surface area contributed by atoms with Gasteiger partial charge in [0.05, 0.1) is 11.3 Å². The van der Waals surface area contributed by atoms with Crippen LogP contribution >= 0.6 is 22.6 Å². The van der Waals surface area contributed by atoms with Crippen LogP contribution in [0, 0.1) is 14.9 Å². The van der Waals surface area contributed by atoms with Crippen LogP contribution in [0.4, 0.5) is 0 Å². The topological polar surface area (TPSA) is 45.9 Å². The van der Waals surface area contributed by atoms with E-state index in [1.807, 2.05) is 91.1 Å². The minimum atomic E-state index is 0.582. The van der Waals surface area contributed by atoms with Gasteiger partial charge in [-0.2, -0.15) is 5.26 Å². The number of halogens is 1. The Morgan fingerprint density at radius 2 is 1.36 bits per heavy atom. The Morgan fingerprint density at radius 1 is 0.750 bits per heavy atom. The molecule has 0 aliphatic rings. The molecular weight excluding hydrogens is 459 g/mol. The molecule has 0 bridgehead atoms. The Hall–Kier alpha value is -3.17. The molecule has 0 unspecified atom stereocenters. The molecule has 0 amide bonds. The molecule has 3 nitrogen and oxygen atoms in total. The molecule has 0 radical (unpaired) electrons. The number of pyridine rings is 1. The Labute approximate surface area is 177 Å². The van der Waals surface area contributed by atoms with E-state index in [0.29, 0.717) is 11.3 Å². The van der Waals surface area contributed by atoms with Crippen LogP contribution in [0.5, 0.6) is 11.5 Å². The van der Waals surface area contributed by atoms with Gasteiger partial charge in [-0.25, -0.2) is 0 Å². The Bertz CT molecular complexity index is 1140. The minimum absolute atomic E-state index is 0.582. The molecule has 0 atom stereocenters. The van der Waals surface area contributed by atoms with E-state index in [2.05, 4.69) is 33.6 Å². The standard InChI is InChI=1S/C24H15IN2O/c25-23-21(15-26)24(27-16-22(23)17-7-3-1-4-8-17)18-11-13-20(14-12-18)28-19-9-5-2-6-10-19/h1-14,16H. The number of para-hydroxylation sites is 1. The van der Waals surface area contributed by atoms with E-state index in [0.717, 1.165) is 31.8 Å². The summed E-state index contributed by atoms with van der Waals surface area (Å²) in [7, 11) is 0. The first-order valence-corrected chi connectivity index (χ1v) is 9.81. The third-order valence-electron chi connectivity index (χ3n) is 4.32. The van der Waals surface area contributed by atoms with Crippen LogP contribution in [0.25, 0.3) is 22.4 Å². The van der Waals surface area contributed by atoms with Gasteiger partial charge >= 0.3 is 0 Å². The highest BCUT2D eigenvalue weighted by Crippen LogP contribution is 2.33. The molecule has 134 valence electrons. The van der Waals surface area contributed by atoms with Gasteiger partial charge in [-0.15, -0.1) is 0 Å². The predicted octanol–water partition coefficient (Wildman–Crippen LogP) is 6.68. The average Bonchev–Trinajstić information content (AvgIpc) is 2.75. The van der Waals surface area contributed by atoms with Crippen molar-refractivity contribution in [2.24, 2.45) is 0 Å². The molecule has 1 aromatic heterocycles. The third kappa shape index (κ3) is 3.75.